The third-order valence-corrected chi connectivity index (χ3v) is 12.0. The van der Waals surface area contributed by atoms with Crippen molar-refractivity contribution in [1.82, 2.24) is 34.6 Å². The number of β-amino-alcohol motifs (C(OH)–C–C–N with tert-alkyl or cyclic N) is 1. The largest absolute Gasteiger partial charge is 0.391 e. The van der Waals surface area contributed by atoms with E-state index in [0.29, 0.717) is 44.7 Å². The highest BCUT2D eigenvalue weighted by Gasteiger charge is 2.39. The first-order valence-corrected chi connectivity index (χ1v) is 20.8. The van der Waals surface area contributed by atoms with E-state index in [1.165, 1.54) is 0 Å². The number of fused-ring (bicyclic) bond motifs is 2. The number of nitrogens with zero attached hydrogens (tertiary/aromatic N) is 7. The van der Waals surface area contributed by atoms with Gasteiger partial charge < -0.3 is 30.4 Å². The summed E-state index contributed by atoms with van der Waals surface area (Å²) in [6.07, 6.45) is 6.87. The number of hydrogen-bond acceptors (Lipinski definition) is 10. The van der Waals surface area contributed by atoms with Gasteiger partial charge in [-0.25, -0.2) is 9.78 Å². The molecule has 4 aromatic rings. The molecule has 6 heterocycles. The Bertz CT molecular complexity index is 2160. The Kier molecular flexibility index (Phi) is 11.6. The van der Waals surface area contributed by atoms with Crippen molar-refractivity contribution in [2.24, 2.45) is 0 Å². The molecular formula is C43H54N10O5. The fourth-order valence-corrected chi connectivity index (χ4v) is 8.60. The van der Waals surface area contributed by atoms with Crippen LogP contribution in [-0.2, 0) is 29.1 Å². The zero-order valence-corrected chi connectivity index (χ0v) is 33.5. The number of imide groups is 1. The Hall–Kier alpha value is -5.54. The Morgan fingerprint density at radius 3 is 2.53 bits per heavy atom. The highest BCUT2D eigenvalue weighted by Crippen LogP contribution is 2.31. The number of unbranched alkanes of at least 4 members (excludes halogenated alkanes) is 2. The van der Waals surface area contributed by atoms with Crippen LogP contribution in [0.3, 0.4) is 0 Å². The average Bonchev–Trinajstić information content (AvgIpc) is 3.95. The second kappa shape index (κ2) is 17.1. The molecular weight excluding hydrogens is 737 g/mol. The number of anilines is 3. The van der Waals surface area contributed by atoms with Crippen LogP contribution in [0.15, 0.2) is 54.7 Å². The number of carbonyl (C=O) groups is 4. The minimum absolute atomic E-state index is 0.0889. The van der Waals surface area contributed by atoms with Crippen molar-refractivity contribution in [2.45, 2.75) is 89.9 Å². The molecule has 3 saturated heterocycles. The number of aliphatic hydroxyl groups is 1. The Balaban J connectivity index is 0.760. The Morgan fingerprint density at radius 2 is 1.79 bits per heavy atom. The van der Waals surface area contributed by atoms with Gasteiger partial charge in [0.15, 0.2) is 5.65 Å². The highest BCUT2D eigenvalue weighted by molar-refractivity contribution is 6.05. The topological polar surface area (TPSA) is 168 Å². The molecule has 58 heavy (non-hydrogen) atoms. The zero-order valence-electron chi connectivity index (χ0n) is 33.5. The summed E-state index contributed by atoms with van der Waals surface area (Å²) in [5.41, 5.74) is 6.54. The van der Waals surface area contributed by atoms with Gasteiger partial charge in [-0.05, 0) is 79.5 Å². The molecule has 0 aliphatic carbocycles. The summed E-state index contributed by atoms with van der Waals surface area (Å²) in [5, 5.41) is 23.8. The number of rotatable bonds is 13. The van der Waals surface area contributed by atoms with E-state index in [-0.39, 0.29) is 42.2 Å². The molecule has 4 aliphatic rings. The molecule has 2 aromatic carbocycles. The van der Waals surface area contributed by atoms with Crippen LogP contribution in [0.1, 0.15) is 90.9 Å². The lowest BCUT2D eigenvalue weighted by Gasteiger charge is -2.34. The van der Waals surface area contributed by atoms with Gasteiger partial charge in [-0.1, -0.05) is 44.5 Å². The molecule has 3 fully saturated rings. The monoisotopic (exact) mass is 790 g/mol. The van der Waals surface area contributed by atoms with Crippen molar-refractivity contribution in [3.05, 3.63) is 82.5 Å². The molecule has 4 N–H and O–H groups in total. The van der Waals surface area contributed by atoms with Gasteiger partial charge in [0.25, 0.3) is 5.91 Å². The molecule has 0 spiro atoms. The molecule has 8 rings (SSSR count). The lowest BCUT2D eigenvalue weighted by atomic mass is 9.98. The molecule has 2 aromatic heterocycles. The van der Waals surface area contributed by atoms with E-state index in [4.69, 9.17) is 4.98 Å². The van der Waals surface area contributed by atoms with Gasteiger partial charge in [-0.15, -0.1) is 0 Å². The van der Waals surface area contributed by atoms with E-state index < -0.39 is 6.04 Å². The summed E-state index contributed by atoms with van der Waals surface area (Å²) < 4.78 is 1.85. The Labute approximate surface area is 338 Å². The number of piperazine rings is 1. The third kappa shape index (κ3) is 8.51. The maximum absolute atomic E-state index is 13.2. The summed E-state index contributed by atoms with van der Waals surface area (Å²) in [4.78, 5) is 63.4. The number of carbonyl (C=O) groups excluding carboxylic acids is 4. The summed E-state index contributed by atoms with van der Waals surface area (Å²) in [6, 6.07) is 15.1. The number of aryl methyl sites for hydroxylation is 1. The normalized spacial score (nSPS) is 20.0. The maximum atomic E-state index is 13.2. The van der Waals surface area contributed by atoms with Crippen molar-refractivity contribution in [2.75, 3.05) is 61.3 Å². The highest BCUT2D eigenvalue weighted by atomic mass is 16.3. The number of urea groups is 1. The first-order valence-electron chi connectivity index (χ1n) is 20.8. The van der Waals surface area contributed by atoms with Crippen LogP contribution in [0.4, 0.5) is 22.1 Å². The molecule has 0 saturated carbocycles. The van der Waals surface area contributed by atoms with Gasteiger partial charge in [0.05, 0.1) is 12.3 Å². The standard InChI is InChI=1S/C43H54N10O5/c1-28(2)34-25-45-53-37(23-38(47-40(34)53)51-18-16-32(54)26-51)44-24-29-10-12-31(13-11-29)46-43(58)50-21-19-49(20-22-50)17-5-3-4-7-30-8-6-9-33-35(30)27-52(42(33)57)36-14-15-39(55)48-41(36)56/h6,8-13,23,25,28,32,36,44,54H,3-5,7,14-22,24,26-27H2,1-2H3,(H,46,58)(H,48,55,56)/t32-,36?/m0/s1. The number of amides is 5. The van der Waals surface area contributed by atoms with Gasteiger partial charge in [0.1, 0.15) is 17.7 Å². The molecule has 15 heteroatoms. The molecule has 0 bridgehead atoms. The van der Waals surface area contributed by atoms with E-state index in [1.807, 2.05) is 58.1 Å². The first-order chi connectivity index (χ1) is 28.1. The fourth-order valence-electron chi connectivity index (χ4n) is 8.60. The average molecular weight is 791 g/mol. The van der Waals surface area contributed by atoms with E-state index in [1.54, 1.807) is 4.90 Å². The lowest BCUT2D eigenvalue weighted by Crippen LogP contribution is -2.52. The summed E-state index contributed by atoms with van der Waals surface area (Å²) in [6.45, 7) is 10.6. The molecule has 1 unspecified atom stereocenters. The van der Waals surface area contributed by atoms with Gasteiger partial charge in [0, 0.05) is 81.7 Å². The Morgan fingerprint density at radius 1 is 0.983 bits per heavy atom. The molecule has 4 aliphatic heterocycles. The van der Waals surface area contributed by atoms with Gasteiger partial charge in [-0.2, -0.15) is 9.61 Å². The number of aliphatic hydroxyl groups excluding tert-OH is 1. The maximum Gasteiger partial charge on any atom is 0.321 e. The quantitative estimate of drug-likeness (QED) is 0.113. The number of benzene rings is 2. The second-order valence-electron chi connectivity index (χ2n) is 16.3. The van der Waals surface area contributed by atoms with E-state index in [2.05, 4.69) is 50.8 Å². The third-order valence-electron chi connectivity index (χ3n) is 12.0. The molecule has 0 radical (unpaired) electrons. The van der Waals surface area contributed by atoms with Crippen LogP contribution in [0.25, 0.3) is 5.65 Å². The fraction of sp³-hybridized carbons (Fsp3) is 0.488. The molecule has 15 nitrogen and oxygen atoms in total. The predicted octanol–water partition coefficient (Wildman–Crippen LogP) is 4.36. The SMILES string of the molecule is CC(C)c1cnn2c(NCc3ccc(NC(=O)N4CCN(CCCCCc5cccc6c5CN(C5CCC(=O)NC5=O)C6=O)CC4)cc3)cc(N3CC[C@H](O)C3)nc12. The van der Waals surface area contributed by atoms with Gasteiger partial charge in [-0.3, -0.25) is 24.6 Å². The smallest absolute Gasteiger partial charge is 0.321 e. The number of nitrogens with one attached hydrogen (secondary N) is 3. The molecule has 306 valence electrons. The van der Waals surface area contributed by atoms with Gasteiger partial charge >= 0.3 is 6.03 Å². The van der Waals surface area contributed by atoms with Crippen molar-refractivity contribution >= 4 is 46.7 Å². The van der Waals surface area contributed by atoms with Gasteiger partial charge in [0.2, 0.25) is 11.8 Å². The minimum atomic E-state index is -0.600. The van der Waals surface area contributed by atoms with E-state index in [0.717, 1.165) is 104 Å². The first kappa shape index (κ1) is 39.3. The molecule has 2 atom stereocenters. The molecule has 5 amide bonds. The van der Waals surface area contributed by atoms with Crippen LogP contribution >= 0.6 is 0 Å². The summed E-state index contributed by atoms with van der Waals surface area (Å²) in [5.74, 6) is 1.14. The van der Waals surface area contributed by atoms with Crippen molar-refractivity contribution < 1.29 is 24.3 Å². The summed E-state index contributed by atoms with van der Waals surface area (Å²) >= 11 is 0. The van der Waals surface area contributed by atoms with Crippen molar-refractivity contribution in [1.29, 1.82) is 0 Å². The van der Waals surface area contributed by atoms with Crippen LogP contribution in [0.2, 0.25) is 0 Å². The van der Waals surface area contributed by atoms with E-state index in [9.17, 15) is 24.3 Å². The number of piperidine rings is 1. The zero-order chi connectivity index (χ0) is 40.3. The van der Waals surface area contributed by atoms with E-state index >= 15 is 0 Å². The van der Waals surface area contributed by atoms with Crippen LogP contribution in [-0.4, -0.2) is 116 Å². The van der Waals surface area contributed by atoms with Crippen molar-refractivity contribution in [3.8, 4) is 0 Å². The lowest BCUT2D eigenvalue weighted by molar-refractivity contribution is -0.136. The number of hydrogen-bond donors (Lipinski definition) is 4. The van der Waals surface area contributed by atoms with Crippen LogP contribution in [0, 0.1) is 0 Å². The van der Waals surface area contributed by atoms with Crippen LogP contribution < -0.4 is 20.9 Å². The number of aromatic nitrogens is 3. The van der Waals surface area contributed by atoms with Crippen molar-refractivity contribution in [3.63, 3.8) is 0 Å². The predicted molar refractivity (Wildman–Crippen MR) is 221 cm³/mol. The second-order valence-corrected chi connectivity index (χ2v) is 16.3. The minimum Gasteiger partial charge on any atom is -0.391 e. The van der Waals surface area contributed by atoms with Crippen LogP contribution in [0.5, 0.6) is 0 Å². The summed E-state index contributed by atoms with van der Waals surface area (Å²) in [7, 11) is 0.